The van der Waals surface area contributed by atoms with E-state index in [1.165, 1.54) is 29.6 Å². The first-order valence-electron chi connectivity index (χ1n) is 10.1. The standard InChI is InChI=1S/C20H31N3O5S/c1-4-23(5-2)29(26,27)18-15-16(9-10-17(18)28-3)20(25)21-12-11-19(24)22-13-7-6-8-14-22/h9-10,15H,4-8,11-14H2,1-3H3,(H,21,25). The summed E-state index contributed by atoms with van der Waals surface area (Å²) in [7, 11) is -2.39. The van der Waals surface area contributed by atoms with Gasteiger partial charge in [-0.05, 0) is 37.5 Å². The molecule has 1 saturated heterocycles. The van der Waals surface area contributed by atoms with Crippen LogP contribution >= 0.6 is 0 Å². The number of ether oxygens (including phenoxy) is 1. The maximum atomic E-state index is 12.9. The molecule has 0 radical (unpaired) electrons. The molecule has 0 aromatic heterocycles. The highest BCUT2D eigenvalue weighted by Gasteiger charge is 2.27. The highest BCUT2D eigenvalue weighted by molar-refractivity contribution is 7.89. The van der Waals surface area contributed by atoms with Crippen molar-refractivity contribution in [2.45, 2.75) is 44.4 Å². The minimum absolute atomic E-state index is 0.0320. The number of hydrogen-bond donors (Lipinski definition) is 1. The maximum absolute atomic E-state index is 12.9. The van der Waals surface area contributed by atoms with E-state index in [1.807, 2.05) is 4.90 Å². The largest absolute Gasteiger partial charge is 0.495 e. The normalized spacial score (nSPS) is 14.7. The summed E-state index contributed by atoms with van der Waals surface area (Å²) in [6, 6.07) is 4.32. The van der Waals surface area contributed by atoms with Crippen LogP contribution < -0.4 is 10.1 Å². The van der Waals surface area contributed by atoms with E-state index in [-0.39, 0.29) is 35.1 Å². The van der Waals surface area contributed by atoms with Crippen molar-refractivity contribution < 1.29 is 22.7 Å². The fraction of sp³-hybridized carbons (Fsp3) is 0.600. The van der Waals surface area contributed by atoms with Gasteiger partial charge in [-0.25, -0.2) is 8.42 Å². The first-order valence-corrected chi connectivity index (χ1v) is 11.5. The number of rotatable bonds is 9. The third kappa shape index (κ3) is 5.70. The van der Waals surface area contributed by atoms with Gasteiger partial charge in [-0.3, -0.25) is 9.59 Å². The Bertz CT molecular complexity index is 815. The first kappa shape index (κ1) is 23.2. The Balaban J connectivity index is 2.08. The number of carbonyl (C=O) groups excluding carboxylic acids is 2. The van der Waals surface area contributed by atoms with Crippen LogP contribution in [0, 0.1) is 0 Å². The van der Waals surface area contributed by atoms with Gasteiger partial charge in [-0.1, -0.05) is 13.8 Å². The Labute approximate surface area is 173 Å². The van der Waals surface area contributed by atoms with Gasteiger partial charge in [0.15, 0.2) is 0 Å². The number of carbonyl (C=O) groups is 2. The van der Waals surface area contributed by atoms with E-state index in [0.29, 0.717) is 13.1 Å². The van der Waals surface area contributed by atoms with E-state index in [1.54, 1.807) is 13.8 Å². The fourth-order valence-corrected chi connectivity index (χ4v) is 5.05. The minimum Gasteiger partial charge on any atom is -0.495 e. The van der Waals surface area contributed by atoms with Crippen LogP contribution in [0.25, 0.3) is 0 Å². The van der Waals surface area contributed by atoms with Crippen molar-refractivity contribution in [2.75, 3.05) is 39.8 Å². The van der Waals surface area contributed by atoms with Crippen LogP contribution in [0.3, 0.4) is 0 Å². The van der Waals surface area contributed by atoms with Gasteiger partial charge in [-0.15, -0.1) is 0 Å². The molecule has 9 heteroatoms. The van der Waals surface area contributed by atoms with Crippen molar-refractivity contribution >= 4 is 21.8 Å². The first-order chi connectivity index (χ1) is 13.8. The molecule has 1 fully saturated rings. The second-order valence-corrected chi connectivity index (χ2v) is 8.81. The number of methoxy groups -OCH3 is 1. The maximum Gasteiger partial charge on any atom is 0.251 e. The quantitative estimate of drug-likeness (QED) is 0.651. The van der Waals surface area contributed by atoms with Gasteiger partial charge in [0.25, 0.3) is 5.91 Å². The molecule has 1 N–H and O–H groups in total. The molecule has 29 heavy (non-hydrogen) atoms. The van der Waals surface area contributed by atoms with Gasteiger partial charge < -0.3 is 15.0 Å². The van der Waals surface area contributed by atoms with Crippen LogP contribution in [-0.4, -0.2) is 69.3 Å². The number of hydrogen-bond acceptors (Lipinski definition) is 5. The zero-order chi connectivity index (χ0) is 21.4. The number of benzene rings is 1. The average Bonchev–Trinajstić information content (AvgIpc) is 2.74. The molecule has 2 rings (SSSR count). The number of nitrogens with one attached hydrogen (secondary N) is 1. The summed E-state index contributed by atoms with van der Waals surface area (Å²) < 4.78 is 32.3. The van der Waals surface area contributed by atoms with Gasteiger partial charge in [0.05, 0.1) is 7.11 Å². The number of sulfonamides is 1. The lowest BCUT2D eigenvalue weighted by atomic mass is 10.1. The molecule has 1 heterocycles. The second kappa shape index (κ2) is 10.6. The molecule has 1 aromatic carbocycles. The van der Waals surface area contributed by atoms with Crippen LogP contribution in [0.2, 0.25) is 0 Å². The summed E-state index contributed by atoms with van der Waals surface area (Å²) in [5, 5.41) is 2.71. The molecule has 1 aliphatic heterocycles. The Morgan fingerprint density at radius 1 is 1.14 bits per heavy atom. The van der Waals surface area contributed by atoms with Crippen molar-refractivity contribution in [2.24, 2.45) is 0 Å². The van der Waals surface area contributed by atoms with Crippen LogP contribution in [0.5, 0.6) is 5.75 Å². The van der Waals surface area contributed by atoms with E-state index in [9.17, 15) is 18.0 Å². The van der Waals surface area contributed by atoms with E-state index < -0.39 is 15.9 Å². The van der Waals surface area contributed by atoms with Crippen molar-refractivity contribution in [3.8, 4) is 5.75 Å². The van der Waals surface area contributed by atoms with Crippen LogP contribution in [-0.2, 0) is 14.8 Å². The minimum atomic E-state index is -3.78. The second-order valence-electron chi connectivity index (χ2n) is 6.90. The number of piperidine rings is 1. The summed E-state index contributed by atoms with van der Waals surface area (Å²) >= 11 is 0. The molecular weight excluding hydrogens is 394 g/mol. The SMILES string of the molecule is CCN(CC)S(=O)(=O)c1cc(C(=O)NCCC(=O)N2CCCCC2)ccc1OC. The molecule has 0 bridgehead atoms. The number of likely N-dealkylation sites (tertiary alicyclic amines) is 1. The third-order valence-electron chi connectivity index (χ3n) is 5.08. The van der Waals surface area contributed by atoms with Gasteiger partial charge in [0.2, 0.25) is 15.9 Å². The highest BCUT2D eigenvalue weighted by atomic mass is 32.2. The summed E-state index contributed by atoms with van der Waals surface area (Å²) in [5.41, 5.74) is 0.210. The Hall–Kier alpha value is -2.13. The van der Waals surface area contributed by atoms with Crippen LogP contribution in [0.1, 0.15) is 49.9 Å². The molecule has 0 spiro atoms. The lowest BCUT2D eigenvalue weighted by molar-refractivity contribution is -0.131. The van der Waals surface area contributed by atoms with Crippen molar-refractivity contribution in [3.05, 3.63) is 23.8 Å². The molecular formula is C20H31N3O5S. The summed E-state index contributed by atoms with van der Waals surface area (Å²) in [6.07, 6.45) is 3.42. The van der Waals surface area contributed by atoms with Gasteiger partial charge in [0.1, 0.15) is 10.6 Å². The highest BCUT2D eigenvalue weighted by Crippen LogP contribution is 2.27. The number of amides is 2. The molecule has 162 valence electrons. The Morgan fingerprint density at radius 2 is 1.79 bits per heavy atom. The molecule has 1 aliphatic rings. The van der Waals surface area contributed by atoms with Gasteiger partial charge in [0, 0.05) is 44.7 Å². The monoisotopic (exact) mass is 425 g/mol. The summed E-state index contributed by atoms with van der Waals surface area (Å²) in [6.45, 7) is 5.90. The Morgan fingerprint density at radius 3 is 2.38 bits per heavy atom. The molecule has 0 unspecified atom stereocenters. The van der Waals surface area contributed by atoms with Crippen molar-refractivity contribution in [1.29, 1.82) is 0 Å². The fourth-order valence-electron chi connectivity index (χ4n) is 3.41. The zero-order valence-electron chi connectivity index (χ0n) is 17.4. The van der Waals surface area contributed by atoms with E-state index in [2.05, 4.69) is 5.32 Å². The summed E-state index contributed by atoms with van der Waals surface area (Å²) in [4.78, 5) is 26.5. The van der Waals surface area contributed by atoms with Crippen molar-refractivity contribution in [3.63, 3.8) is 0 Å². The van der Waals surface area contributed by atoms with E-state index in [0.717, 1.165) is 32.4 Å². The van der Waals surface area contributed by atoms with Crippen molar-refractivity contribution in [1.82, 2.24) is 14.5 Å². The van der Waals surface area contributed by atoms with E-state index >= 15 is 0 Å². The third-order valence-corrected chi connectivity index (χ3v) is 7.15. The molecule has 0 atom stereocenters. The average molecular weight is 426 g/mol. The predicted molar refractivity (Wildman–Crippen MR) is 110 cm³/mol. The Kier molecular flexibility index (Phi) is 8.45. The van der Waals surface area contributed by atoms with Crippen LogP contribution in [0.15, 0.2) is 23.1 Å². The van der Waals surface area contributed by atoms with Gasteiger partial charge in [-0.2, -0.15) is 4.31 Å². The smallest absolute Gasteiger partial charge is 0.251 e. The van der Waals surface area contributed by atoms with E-state index in [4.69, 9.17) is 4.74 Å². The molecule has 0 saturated carbocycles. The molecule has 2 amide bonds. The molecule has 0 aliphatic carbocycles. The predicted octanol–water partition coefficient (Wildman–Crippen LogP) is 1.86. The lowest BCUT2D eigenvalue weighted by Gasteiger charge is -2.26. The van der Waals surface area contributed by atoms with Crippen LogP contribution in [0.4, 0.5) is 0 Å². The zero-order valence-corrected chi connectivity index (χ0v) is 18.3. The molecule has 8 nitrogen and oxygen atoms in total. The lowest BCUT2D eigenvalue weighted by Crippen LogP contribution is -2.37. The summed E-state index contributed by atoms with van der Waals surface area (Å²) in [5.74, 6) is -0.201. The molecule has 1 aromatic rings. The van der Waals surface area contributed by atoms with Gasteiger partial charge >= 0.3 is 0 Å². The number of nitrogens with zero attached hydrogens (tertiary/aromatic N) is 2. The topological polar surface area (TPSA) is 96.0 Å².